The van der Waals surface area contributed by atoms with E-state index in [2.05, 4.69) is 0 Å². The van der Waals surface area contributed by atoms with Crippen LogP contribution in [0.5, 0.6) is 0 Å². The summed E-state index contributed by atoms with van der Waals surface area (Å²) < 4.78 is 1.73. The van der Waals surface area contributed by atoms with Gasteiger partial charge in [0, 0.05) is 38.9 Å². The van der Waals surface area contributed by atoms with Crippen molar-refractivity contribution in [3.05, 3.63) is 18.0 Å². The summed E-state index contributed by atoms with van der Waals surface area (Å²) in [6.45, 7) is 1.43. The molecule has 2 rings (SSSR count). The number of aliphatic hydroxyl groups is 1. The van der Waals surface area contributed by atoms with Gasteiger partial charge in [0.25, 0.3) is 5.91 Å². The highest BCUT2D eigenvalue weighted by Gasteiger charge is 2.31. The second-order valence-corrected chi connectivity index (χ2v) is 4.03. The molecule has 2 heterocycles. The third kappa shape index (κ3) is 1.70. The van der Waals surface area contributed by atoms with E-state index >= 15 is 0 Å². The fourth-order valence-corrected chi connectivity index (χ4v) is 1.82. The molecule has 1 amide bonds. The summed E-state index contributed by atoms with van der Waals surface area (Å²) in [5.74, 6) is 0.227. The standard InChI is InChI=1S/C10H15N3O2/c1-12-5-8(11)2-9(12)10(15)13-3-7(4-13)6-14/h2,5,7,14H,3-4,6,11H2,1H3. The molecule has 1 aliphatic heterocycles. The van der Waals surface area contributed by atoms with E-state index < -0.39 is 0 Å². The summed E-state index contributed by atoms with van der Waals surface area (Å²) in [5.41, 5.74) is 6.80. The van der Waals surface area contributed by atoms with Crippen LogP contribution in [0.4, 0.5) is 5.69 Å². The molecule has 0 spiro atoms. The number of carbonyl (C=O) groups excluding carboxylic acids is 1. The van der Waals surface area contributed by atoms with Gasteiger partial charge in [-0.05, 0) is 6.07 Å². The number of nitrogens with zero attached hydrogens (tertiary/aromatic N) is 2. The minimum absolute atomic E-state index is 0.0149. The van der Waals surface area contributed by atoms with Crippen LogP contribution in [0.25, 0.3) is 0 Å². The van der Waals surface area contributed by atoms with Crippen molar-refractivity contribution in [2.45, 2.75) is 0 Å². The molecule has 5 nitrogen and oxygen atoms in total. The van der Waals surface area contributed by atoms with Gasteiger partial charge in [0.05, 0.1) is 5.69 Å². The quantitative estimate of drug-likeness (QED) is 0.700. The van der Waals surface area contributed by atoms with Gasteiger partial charge in [-0.1, -0.05) is 0 Å². The van der Waals surface area contributed by atoms with Gasteiger partial charge in [-0.2, -0.15) is 0 Å². The molecule has 1 aromatic heterocycles. The molecule has 0 atom stereocenters. The Labute approximate surface area is 88.1 Å². The average molecular weight is 209 g/mol. The number of amides is 1. The lowest BCUT2D eigenvalue weighted by Crippen LogP contribution is -2.51. The zero-order chi connectivity index (χ0) is 11.0. The van der Waals surface area contributed by atoms with Crippen LogP contribution >= 0.6 is 0 Å². The van der Waals surface area contributed by atoms with E-state index in [1.54, 1.807) is 28.8 Å². The summed E-state index contributed by atoms with van der Waals surface area (Å²) in [6.07, 6.45) is 1.72. The number of nitrogens with two attached hydrogens (primary N) is 1. The van der Waals surface area contributed by atoms with Crippen molar-refractivity contribution >= 4 is 11.6 Å². The number of rotatable bonds is 2. The molecule has 5 heteroatoms. The summed E-state index contributed by atoms with van der Waals surface area (Å²) in [7, 11) is 1.80. The van der Waals surface area contributed by atoms with Crippen molar-refractivity contribution in [2.24, 2.45) is 13.0 Å². The molecule has 0 bridgehead atoms. The van der Waals surface area contributed by atoms with Gasteiger partial charge in [0.15, 0.2) is 0 Å². The molecule has 0 radical (unpaired) electrons. The number of anilines is 1. The topological polar surface area (TPSA) is 71.5 Å². The highest BCUT2D eigenvalue weighted by atomic mass is 16.3. The van der Waals surface area contributed by atoms with E-state index in [0.717, 1.165) is 0 Å². The van der Waals surface area contributed by atoms with Gasteiger partial charge < -0.3 is 20.3 Å². The SMILES string of the molecule is Cn1cc(N)cc1C(=O)N1CC(CO)C1. The number of aryl methyl sites for hydroxylation is 1. The van der Waals surface area contributed by atoms with Gasteiger partial charge in [-0.25, -0.2) is 0 Å². The predicted molar refractivity (Wildman–Crippen MR) is 56.3 cm³/mol. The highest BCUT2D eigenvalue weighted by Crippen LogP contribution is 2.19. The molecule has 0 unspecified atom stereocenters. The normalized spacial score (nSPS) is 16.5. The highest BCUT2D eigenvalue weighted by molar-refractivity contribution is 5.94. The van der Waals surface area contributed by atoms with E-state index in [0.29, 0.717) is 24.5 Å². The summed E-state index contributed by atoms with van der Waals surface area (Å²) in [4.78, 5) is 13.6. The van der Waals surface area contributed by atoms with Crippen molar-refractivity contribution in [2.75, 3.05) is 25.4 Å². The van der Waals surface area contributed by atoms with E-state index in [-0.39, 0.29) is 18.4 Å². The lowest BCUT2D eigenvalue weighted by Gasteiger charge is -2.38. The van der Waals surface area contributed by atoms with Crippen LogP contribution in [0.15, 0.2) is 12.3 Å². The Morgan fingerprint density at radius 1 is 1.67 bits per heavy atom. The maximum absolute atomic E-state index is 11.9. The smallest absolute Gasteiger partial charge is 0.270 e. The number of hydrogen-bond acceptors (Lipinski definition) is 3. The van der Waals surface area contributed by atoms with Crippen LogP contribution in [0, 0.1) is 5.92 Å². The number of hydrogen-bond donors (Lipinski definition) is 2. The van der Waals surface area contributed by atoms with Crippen molar-refractivity contribution in [3.63, 3.8) is 0 Å². The first-order valence-electron chi connectivity index (χ1n) is 4.93. The van der Waals surface area contributed by atoms with Gasteiger partial charge in [0.2, 0.25) is 0 Å². The maximum atomic E-state index is 11.9. The van der Waals surface area contributed by atoms with Gasteiger partial charge in [-0.3, -0.25) is 4.79 Å². The average Bonchev–Trinajstić information content (AvgIpc) is 2.43. The van der Waals surface area contributed by atoms with Crippen molar-refractivity contribution in [1.29, 1.82) is 0 Å². The fourth-order valence-electron chi connectivity index (χ4n) is 1.82. The molecule has 0 saturated carbocycles. The minimum Gasteiger partial charge on any atom is -0.397 e. The van der Waals surface area contributed by atoms with E-state index in [4.69, 9.17) is 10.8 Å². The number of nitrogen functional groups attached to an aromatic ring is 1. The Hall–Kier alpha value is -1.49. The Kier molecular flexibility index (Phi) is 2.40. The van der Waals surface area contributed by atoms with Gasteiger partial charge in [-0.15, -0.1) is 0 Å². The lowest BCUT2D eigenvalue weighted by atomic mass is 10.0. The minimum atomic E-state index is -0.0149. The first-order chi connectivity index (χ1) is 7.11. The van der Waals surface area contributed by atoms with Crippen LogP contribution in [0.3, 0.4) is 0 Å². The monoisotopic (exact) mass is 209 g/mol. The first kappa shape index (κ1) is 10.0. The summed E-state index contributed by atoms with van der Waals surface area (Å²) in [6, 6.07) is 1.68. The maximum Gasteiger partial charge on any atom is 0.270 e. The lowest BCUT2D eigenvalue weighted by molar-refractivity contribution is 0.0353. The summed E-state index contributed by atoms with van der Waals surface area (Å²) in [5, 5.41) is 8.85. The molecule has 0 aromatic carbocycles. The third-order valence-corrected chi connectivity index (χ3v) is 2.75. The molecule has 1 saturated heterocycles. The molecule has 0 aliphatic carbocycles. The third-order valence-electron chi connectivity index (χ3n) is 2.75. The van der Waals surface area contributed by atoms with Crippen LogP contribution in [-0.2, 0) is 7.05 Å². The van der Waals surface area contributed by atoms with E-state index in [9.17, 15) is 4.79 Å². The Morgan fingerprint density at radius 2 is 2.33 bits per heavy atom. The van der Waals surface area contributed by atoms with Crippen molar-refractivity contribution in [3.8, 4) is 0 Å². The van der Waals surface area contributed by atoms with Gasteiger partial charge >= 0.3 is 0 Å². The van der Waals surface area contributed by atoms with Crippen molar-refractivity contribution in [1.82, 2.24) is 9.47 Å². The van der Waals surface area contributed by atoms with Crippen LogP contribution < -0.4 is 5.73 Å². The second kappa shape index (κ2) is 3.58. The van der Waals surface area contributed by atoms with Crippen LogP contribution in [-0.4, -0.2) is 40.2 Å². The molecular formula is C10H15N3O2. The fraction of sp³-hybridized carbons (Fsp3) is 0.500. The molecule has 1 aliphatic rings. The van der Waals surface area contributed by atoms with Crippen molar-refractivity contribution < 1.29 is 9.90 Å². The number of likely N-dealkylation sites (tertiary alicyclic amines) is 1. The molecule has 82 valence electrons. The molecule has 3 N–H and O–H groups in total. The first-order valence-corrected chi connectivity index (χ1v) is 4.93. The van der Waals surface area contributed by atoms with Gasteiger partial charge in [0.1, 0.15) is 5.69 Å². The molecule has 15 heavy (non-hydrogen) atoms. The largest absolute Gasteiger partial charge is 0.397 e. The molecular weight excluding hydrogens is 194 g/mol. The number of aliphatic hydroxyl groups excluding tert-OH is 1. The Bertz CT molecular complexity index is 380. The van der Waals surface area contributed by atoms with E-state index in [1.165, 1.54) is 0 Å². The number of carbonyl (C=O) groups is 1. The Balaban J connectivity index is 2.06. The van der Waals surface area contributed by atoms with E-state index in [1.807, 2.05) is 0 Å². The van der Waals surface area contributed by atoms with Crippen LogP contribution in [0.2, 0.25) is 0 Å². The number of aromatic nitrogens is 1. The molecule has 1 aromatic rings. The zero-order valence-electron chi connectivity index (χ0n) is 8.68. The van der Waals surface area contributed by atoms with Crippen LogP contribution in [0.1, 0.15) is 10.5 Å². The Morgan fingerprint density at radius 3 is 2.80 bits per heavy atom. The second-order valence-electron chi connectivity index (χ2n) is 4.03. The zero-order valence-corrected chi connectivity index (χ0v) is 8.68. The predicted octanol–water partition coefficient (Wildman–Crippen LogP) is -0.328. The molecule has 1 fully saturated rings. The summed E-state index contributed by atoms with van der Waals surface area (Å²) >= 11 is 0.